The number of ketones is 1. The van der Waals surface area contributed by atoms with Gasteiger partial charge in [-0.05, 0) is 98.1 Å². The van der Waals surface area contributed by atoms with Crippen molar-refractivity contribution in [2.24, 2.45) is 17.3 Å². The van der Waals surface area contributed by atoms with E-state index >= 15 is 0 Å². The van der Waals surface area contributed by atoms with Crippen molar-refractivity contribution in [3.8, 4) is 5.75 Å². The first-order valence-electron chi connectivity index (χ1n) is 12.7. The molecule has 5 atom stereocenters. The summed E-state index contributed by atoms with van der Waals surface area (Å²) >= 11 is 0. The topological polar surface area (TPSA) is 55.8 Å². The number of carbonyl (C=O) groups is 1. The van der Waals surface area contributed by atoms with Crippen molar-refractivity contribution in [1.29, 1.82) is 0 Å². The number of allylic oxidation sites excluding steroid dienone is 4. The standard InChI is InChI=1S/C29H38O4/c1-28-18-25(19-5-9-22(32-2)10-6-19)27-23-12-8-21(31)17-20(23)7-11-24(27)26(28)13-15-29(28,33-3)14-4-16-30/h5-6,9-10,17,24-26,30H,4,7-8,11-16,18H2,1-3H3/t24-,25+,26-,28?,29-/m0/s1. The van der Waals surface area contributed by atoms with Crippen molar-refractivity contribution in [3.05, 3.63) is 52.6 Å². The number of carbonyl (C=O) groups excluding carboxylic acids is 1. The van der Waals surface area contributed by atoms with Gasteiger partial charge in [0.25, 0.3) is 0 Å². The minimum Gasteiger partial charge on any atom is -0.497 e. The maximum atomic E-state index is 12.2. The van der Waals surface area contributed by atoms with Crippen LogP contribution in [0.4, 0.5) is 0 Å². The van der Waals surface area contributed by atoms with Gasteiger partial charge in [0, 0.05) is 31.5 Å². The van der Waals surface area contributed by atoms with Crippen molar-refractivity contribution in [2.75, 3.05) is 20.8 Å². The maximum Gasteiger partial charge on any atom is 0.156 e. The Morgan fingerprint density at radius 2 is 1.88 bits per heavy atom. The second-order valence-corrected chi connectivity index (χ2v) is 10.8. The van der Waals surface area contributed by atoms with Crippen molar-refractivity contribution in [2.45, 2.75) is 76.2 Å². The van der Waals surface area contributed by atoms with E-state index in [0.717, 1.165) is 50.7 Å². The fraction of sp³-hybridized carbons (Fsp3) is 0.621. The van der Waals surface area contributed by atoms with E-state index in [1.165, 1.54) is 23.1 Å². The molecule has 0 spiro atoms. The first-order chi connectivity index (χ1) is 16.0. The zero-order valence-corrected chi connectivity index (χ0v) is 20.4. The molecule has 1 unspecified atom stereocenters. The van der Waals surface area contributed by atoms with Crippen molar-refractivity contribution in [1.82, 2.24) is 0 Å². The molecular weight excluding hydrogens is 412 g/mol. The largest absolute Gasteiger partial charge is 0.497 e. The van der Waals surface area contributed by atoms with Gasteiger partial charge in [-0.2, -0.15) is 0 Å². The highest BCUT2D eigenvalue weighted by atomic mass is 16.5. The van der Waals surface area contributed by atoms with Gasteiger partial charge in [-0.1, -0.05) is 24.6 Å². The molecule has 1 aromatic rings. The molecule has 0 aliphatic heterocycles. The van der Waals surface area contributed by atoms with Crippen LogP contribution in [0.25, 0.3) is 0 Å². The number of hydrogen-bond donors (Lipinski definition) is 1. The quantitative estimate of drug-likeness (QED) is 0.599. The molecule has 33 heavy (non-hydrogen) atoms. The molecule has 2 fully saturated rings. The van der Waals surface area contributed by atoms with Crippen LogP contribution in [0.5, 0.6) is 5.75 Å². The van der Waals surface area contributed by atoms with Crippen LogP contribution in [0.1, 0.15) is 76.2 Å². The highest BCUT2D eigenvalue weighted by molar-refractivity contribution is 5.93. The number of aliphatic hydroxyl groups is 1. The van der Waals surface area contributed by atoms with Crippen LogP contribution in [0.15, 0.2) is 47.1 Å². The summed E-state index contributed by atoms with van der Waals surface area (Å²) in [5.41, 5.74) is 5.62. The molecule has 0 saturated heterocycles. The van der Waals surface area contributed by atoms with Crippen molar-refractivity contribution in [3.63, 3.8) is 0 Å². The van der Waals surface area contributed by atoms with Gasteiger partial charge >= 0.3 is 0 Å². The molecule has 0 radical (unpaired) electrons. The summed E-state index contributed by atoms with van der Waals surface area (Å²) < 4.78 is 11.8. The van der Waals surface area contributed by atoms with E-state index in [1.807, 2.05) is 13.2 Å². The molecule has 178 valence electrons. The summed E-state index contributed by atoms with van der Waals surface area (Å²) in [5.74, 6) is 2.64. The Morgan fingerprint density at radius 3 is 2.58 bits per heavy atom. The van der Waals surface area contributed by atoms with Gasteiger partial charge in [-0.25, -0.2) is 0 Å². The van der Waals surface area contributed by atoms with E-state index in [2.05, 4.69) is 31.2 Å². The molecule has 1 N–H and O–H groups in total. The second-order valence-electron chi connectivity index (χ2n) is 10.8. The zero-order chi connectivity index (χ0) is 23.2. The summed E-state index contributed by atoms with van der Waals surface area (Å²) in [4.78, 5) is 12.2. The Balaban J connectivity index is 1.64. The minimum atomic E-state index is -0.181. The van der Waals surface area contributed by atoms with E-state index < -0.39 is 0 Å². The predicted octanol–water partition coefficient (Wildman–Crippen LogP) is 5.75. The van der Waals surface area contributed by atoms with Gasteiger partial charge < -0.3 is 14.6 Å². The number of fused-ring (bicyclic) bond motifs is 4. The SMILES string of the molecule is COc1ccc([C@H]2CC3(C)[C@@H](CC[C@]3(CCCO)OC)[C@@H]3CCC4=CC(=O)CCC4=C32)cc1. The monoisotopic (exact) mass is 450 g/mol. The third kappa shape index (κ3) is 3.52. The lowest BCUT2D eigenvalue weighted by Gasteiger charge is -2.56. The summed E-state index contributed by atoms with van der Waals surface area (Å²) in [6, 6.07) is 8.64. The maximum absolute atomic E-state index is 12.2. The summed E-state index contributed by atoms with van der Waals surface area (Å²) in [5, 5.41) is 9.63. The molecule has 0 aromatic heterocycles. The summed E-state index contributed by atoms with van der Waals surface area (Å²) in [7, 11) is 3.60. The van der Waals surface area contributed by atoms with E-state index in [1.54, 1.807) is 12.7 Å². The molecule has 4 aliphatic carbocycles. The average molecular weight is 451 g/mol. The average Bonchev–Trinajstić information content (AvgIpc) is 3.14. The predicted molar refractivity (Wildman–Crippen MR) is 129 cm³/mol. The molecule has 0 amide bonds. The van der Waals surface area contributed by atoms with Crippen LogP contribution in [0.2, 0.25) is 0 Å². The molecule has 4 nitrogen and oxygen atoms in total. The van der Waals surface area contributed by atoms with Gasteiger partial charge in [0.15, 0.2) is 5.78 Å². The van der Waals surface area contributed by atoms with Gasteiger partial charge in [-0.15, -0.1) is 0 Å². The highest BCUT2D eigenvalue weighted by Crippen LogP contribution is 2.68. The lowest BCUT2D eigenvalue weighted by molar-refractivity contribution is -0.125. The molecule has 4 heteroatoms. The van der Waals surface area contributed by atoms with Crippen LogP contribution in [0.3, 0.4) is 0 Å². The Labute approximate surface area is 198 Å². The summed E-state index contributed by atoms with van der Waals surface area (Å²) in [6.45, 7) is 2.69. The molecular formula is C29H38O4. The third-order valence-corrected chi connectivity index (χ3v) is 9.67. The molecule has 5 rings (SSSR count). The Kier molecular flexibility index (Phi) is 6.03. The van der Waals surface area contributed by atoms with Crippen molar-refractivity contribution < 1.29 is 19.4 Å². The first kappa shape index (κ1) is 22.9. The number of methoxy groups -OCH3 is 2. The van der Waals surface area contributed by atoms with Crippen LogP contribution in [-0.2, 0) is 9.53 Å². The van der Waals surface area contributed by atoms with Gasteiger partial charge in [-0.3, -0.25) is 4.79 Å². The zero-order valence-electron chi connectivity index (χ0n) is 20.4. The Morgan fingerprint density at radius 1 is 1.09 bits per heavy atom. The minimum absolute atomic E-state index is 0.0575. The first-order valence-corrected chi connectivity index (χ1v) is 12.7. The van der Waals surface area contributed by atoms with Crippen LogP contribution in [0, 0.1) is 17.3 Å². The third-order valence-electron chi connectivity index (χ3n) is 9.67. The van der Waals surface area contributed by atoms with Crippen LogP contribution >= 0.6 is 0 Å². The fourth-order valence-electron chi connectivity index (χ4n) is 8.09. The number of benzene rings is 1. The molecule has 2 saturated carbocycles. The van der Waals surface area contributed by atoms with E-state index in [-0.39, 0.29) is 23.4 Å². The smallest absolute Gasteiger partial charge is 0.156 e. The van der Waals surface area contributed by atoms with Gasteiger partial charge in [0.1, 0.15) is 5.75 Å². The van der Waals surface area contributed by atoms with Crippen molar-refractivity contribution >= 4 is 5.78 Å². The van der Waals surface area contributed by atoms with E-state index in [0.29, 0.717) is 24.2 Å². The Bertz CT molecular complexity index is 974. The van der Waals surface area contributed by atoms with E-state index in [4.69, 9.17) is 9.47 Å². The Hall–Kier alpha value is -1.91. The van der Waals surface area contributed by atoms with Gasteiger partial charge in [0.2, 0.25) is 0 Å². The normalized spacial score (nSPS) is 35.6. The molecule has 0 heterocycles. The number of rotatable bonds is 6. The number of aliphatic hydroxyl groups excluding tert-OH is 1. The molecule has 4 aliphatic rings. The lowest BCUT2D eigenvalue weighted by Crippen LogP contribution is -2.52. The van der Waals surface area contributed by atoms with Crippen LogP contribution < -0.4 is 4.74 Å². The molecule has 0 bridgehead atoms. The lowest BCUT2D eigenvalue weighted by atomic mass is 9.50. The fourth-order valence-corrected chi connectivity index (χ4v) is 8.09. The second kappa shape index (κ2) is 8.70. The summed E-state index contributed by atoms with van der Waals surface area (Å²) in [6.07, 6.45) is 10.6. The van der Waals surface area contributed by atoms with Gasteiger partial charge in [0.05, 0.1) is 12.7 Å². The van der Waals surface area contributed by atoms with E-state index in [9.17, 15) is 9.90 Å². The molecule has 1 aromatic carbocycles. The highest BCUT2D eigenvalue weighted by Gasteiger charge is 2.63. The number of hydrogen-bond acceptors (Lipinski definition) is 4. The van der Waals surface area contributed by atoms with Crippen LogP contribution in [-0.4, -0.2) is 37.3 Å². The number of ether oxygens (including phenoxy) is 2.